The third-order valence-corrected chi connectivity index (χ3v) is 7.13. The van der Waals surface area contributed by atoms with E-state index >= 15 is 0 Å². The maximum absolute atomic E-state index is 12.6. The molecule has 124 valence electrons. The first-order chi connectivity index (χ1) is 10.1. The van der Waals surface area contributed by atoms with Crippen LogP contribution in [-0.2, 0) is 10.2 Å². The van der Waals surface area contributed by atoms with E-state index in [1.165, 1.54) is 5.75 Å². The summed E-state index contributed by atoms with van der Waals surface area (Å²) in [4.78, 5) is 0. The van der Waals surface area contributed by atoms with Crippen LogP contribution in [0, 0.1) is 5.92 Å². The first-order valence-electron chi connectivity index (χ1n) is 8.18. The Bertz CT molecular complexity index is 397. The van der Waals surface area contributed by atoms with Crippen molar-refractivity contribution in [3.05, 3.63) is 0 Å². The molecular weight excluding hydrogens is 306 g/mol. The van der Waals surface area contributed by atoms with Crippen LogP contribution >= 0.6 is 11.8 Å². The molecule has 21 heavy (non-hydrogen) atoms. The van der Waals surface area contributed by atoms with E-state index in [-0.39, 0.29) is 6.04 Å². The van der Waals surface area contributed by atoms with Gasteiger partial charge in [-0.15, -0.1) is 0 Å². The number of nitrogens with one attached hydrogen (secondary N) is 2. The Balaban J connectivity index is 1.87. The molecule has 2 fully saturated rings. The number of nitrogens with zero attached hydrogens (tertiary/aromatic N) is 1. The fourth-order valence-electron chi connectivity index (χ4n) is 2.99. The van der Waals surface area contributed by atoms with Gasteiger partial charge in [-0.3, -0.25) is 0 Å². The molecule has 7 heteroatoms. The van der Waals surface area contributed by atoms with Crippen LogP contribution < -0.4 is 10.0 Å². The molecule has 0 amide bonds. The van der Waals surface area contributed by atoms with Crippen molar-refractivity contribution in [3.8, 4) is 0 Å². The van der Waals surface area contributed by atoms with Gasteiger partial charge in [-0.25, -0.2) is 4.72 Å². The van der Waals surface area contributed by atoms with Crippen LogP contribution in [-0.4, -0.2) is 56.4 Å². The lowest BCUT2D eigenvalue weighted by atomic mass is 10.1. The second-order valence-electron chi connectivity index (χ2n) is 6.05. The van der Waals surface area contributed by atoms with Gasteiger partial charge in [0.05, 0.1) is 0 Å². The SMILES string of the molecule is CCCNCC1CCCCN1S(=O)(=O)NCC1CCSC1. The molecule has 2 heterocycles. The third-order valence-electron chi connectivity index (χ3n) is 4.27. The summed E-state index contributed by atoms with van der Waals surface area (Å²) >= 11 is 1.92. The molecule has 2 atom stereocenters. The van der Waals surface area contributed by atoms with E-state index in [0.29, 0.717) is 19.0 Å². The highest BCUT2D eigenvalue weighted by molar-refractivity contribution is 7.99. The van der Waals surface area contributed by atoms with Gasteiger partial charge in [-0.1, -0.05) is 13.3 Å². The van der Waals surface area contributed by atoms with E-state index in [0.717, 1.165) is 50.9 Å². The molecule has 2 aliphatic heterocycles. The van der Waals surface area contributed by atoms with Crippen LogP contribution in [0.25, 0.3) is 0 Å². The number of thioether (sulfide) groups is 1. The molecular formula is C14H29N3O2S2. The number of hydrogen-bond donors (Lipinski definition) is 2. The zero-order chi connectivity index (χ0) is 15.1. The van der Waals surface area contributed by atoms with Crippen LogP contribution in [0.3, 0.4) is 0 Å². The molecule has 2 unspecified atom stereocenters. The largest absolute Gasteiger partial charge is 0.315 e. The fourth-order valence-corrected chi connectivity index (χ4v) is 5.83. The summed E-state index contributed by atoms with van der Waals surface area (Å²) in [6.45, 7) is 5.11. The van der Waals surface area contributed by atoms with Gasteiger partial charge in [0.1, 0.15) is 0 Å². The molecule has 5 nitrogen and oxygen atoms in total. The summed E-state index contributed by atoms with van der Waals surface area (Å²) in [5.41, 5.74) is 0. The summed E-state index contributed by atoms with van der Waals surface area (Å²) in [7, 11) is -3.32. The van der Waals surface area contributed by atoms with Gasteiger partial charge >= 0.3 is 0 Å². The van der Waals surface area contributed by atoms with Crippen molar-refractivity contribution in [1.82, 2.24) is 14.3 Å². The predicted molar refractivity (Wildman–Crippen MR) is 89.9 cm³/mol. The molecule has 2 aliphatic rings. The van der Waals surface area contributed by atoms with Crippen molar-refractivity contribution in [2.24, 2.45) is 5.92 Å². The summed E-state index contributed by atoms with van der Waals surface area (Å²) in [6.07, 6.45) is 5.29. The molecule has 0 radical (unpaired) electrons. The Labute approximate surface area is 133 Å². The van der Waals surface area contributed by atoms with Crippen molar-refractivity contribution in [2.75, 3.05) is 37.7 Å². The van der Waals surface area contributed by atoms with E-state index in [9.17, 15) is 8.42 Å². The highest BCUT2D eigenvalue weighted by Crippen LogP contribution is 2.24. The van der Waals surface area contributed by atoms with Gasteiger partial charge in [0.25, 0.3) is 10.2 Å². The molecule has 0 aromatic rings. The van der Waals surface area contributed by atoms with E-state index < -0.39 is 10.2 Å². The molecule has 2 N–H and O–H groups in total. The van der Waals surface area contributed by atoms with Crippen LogP contribution in [0.1, 0.15) is 39.0 Å². The number of hydrogen-bond acceptors (Lipinski definition) is 4. The quantitative estimate of drug-likeness (QED) is 0.659. The van der Waals surface area contributed by atoms with Gasteiger partial charge < -0.3 is 5.32 Å². The summed E-state index contributed by atoms with van der Waals surface area (Å²) < 4.78 is 29.7. The summed E-state index contributed by atoms with van der Waals surface area (Å²) in [5, 5.41) is 3.37. The standard InChI is InChI=1S/C14H29N3O2S2/c1-2-7-15-11-14-5-3-4-8-17(14)21(18,19)16-10-13-6-9-20-12-13/h13-16H,2-12H2,1H3. The predicted octanol–water partition coefficient (Wildman–Crippen LogP) is 1.43. The second-order valence-corrected chi connectivity index (χ2v) is 8.91. The molecule has 0 aromatic carbocycles. The Morgan fingerprint density at radius 2 is 2.10 bits per heavy atom. The van der Waals surface area contributed by atoms with E-state index in [2.05, 4.69) is 17.0 Å². The van der Waals surface area contributed by atoms with Crippen molar-refractivity contribution < 1.29 is 8.42 Å². The topological polar surface area (TPSA) is 61.4 Å². The Morgan fingerprint density at radius 1 is 1.24 bits per heavy atom. The van der Waals surface area contributed by atoms with E-state index in [1.54, 1.807) is 4.31 Å². The Kier molecular flexibility index (Phi) is 7.28. The zero-order valence-corrected chi connectivity index (χ0v) is 14.6. The summed E-state index contributed by atoms with van der Waals surface area (Å²) in [5.74, 6) is 2.76. The van der Waals surface area contributed by atoms with Gasteiger partial charge in [-0.2, -0.15) is 24.5 Å². The minimum absolute atomic E-state index is 0.112. The van der Waals surface area contributed by atoms with Crippen molar-refractivity contribution in [2.45, 2.75) is 45.1 Å². The van der Waals surface area contributed by atoms with Crippen molar-refractivity contribution in [3.63, 3.8) is 0 Å². The lowest BCUT2D eigenvalue weighted by molar-refractivity contribution is 0.242. The number of piperidine rings is 1. The molecule has 0 spiro atoms. The lowest BCUT2D eigenvalue weighted by Crippen LogP contribution is -2.53. The van der Waals surface area contributed by atoms with Gasteiger partial charge in [-0.05, 0) is 49.7 Å². The molecule has 0 aromatic heterocycles. The fraction of sp³-hybridized carbons (Fsp3) is 1.00. The third kappa shape index (κ3) is 5.39. The summed E-state index contributed by atoms with van der Waals surface area (Å²) in [6, 6.07) is 0.112. The Morgan fingerprint density at radius 3 is 2.81 bits per heavy atom. The molecule has 0 bridgehead atoms. The maximum Gasteiger partial charge on any atom is 0.279 e. The molecule has 0 aliphatic carbocycles. The molecule has 2 saturated heterocycles. The van der Waals surface area contributed by atoms with Crippen molar-refractivity contribution >= 4 is 22.0 Å². The minimum atomic E-state index is -3.32. The molecule has 2 rings (SSSR count). The number of rotatable bonds is 8. The van der Waals surface area contributed by atoms with E-state index in [4.69, 9.17) is 0 Å². The zero-order valence-electron chi connectivity index (χ0n) is 13.0. The minimum Gasteiger partial charge on any atom is -0.315 e. The molecule has 0 saturated carbocycles. The average molecular weight is 336 g/mol. The lowest BCUT2D eigenvalue weighted by Gasteiger charge is -2.35. The average Bonchev–Trinajstić information content (AvgIpc) is 2.99. The van der Waals surface area contributed by atoms with Crippen LogP contribution in [0.15, 0.2) is 0 Å². The normalized spacial score (nSPS) is 28.0. The first-order valence-corrected chi connectivity index (χ1v) is 10.8. The smallest absolute Gasteiger partial charge is 0.279 e. The highest BCUT2D eigenvalue weighted by Gasteiger charge is 2.32. The monoisotopic (exact) mass is 335 g/mol. The van der Waals surface area contributed by atoms with Gasteiger partial charge in [0.2, 0.25) is 0 Å². The first kappa shape index (κ1) is 17.5. The van der Waals surface area contributed by atoms with E-state index in [1.807, 2.05) is 11.8 Å². The Hall–Kier alpha value is 0.180. The second kappa shape index (κ2) is 8.72. The maximum atomic E-state index is 12.6. The van der Waals surface area contributed by atoms with Gasteiger partial charge in [0, 0.05) is 25.7 Å². The van der Waals surface area contributed by atoms with Crippen LogP contribution in [0.4, 0.5) is 0 Å². The van der Waals surface area contributed by atoms with Crippen LogP contribution in [0.2, 0.25) is 0 Å². The van der Waals surface area contributed by atoms with Crippen molar-refractivity contribution in [1.29, 1.82) is 0 Å². The van der Waals surface area contributed by atoms with Gasteiger partial charge in [0.15, 0.2) is 0 Å². The highest BCUT2D eigenvalue weighted by atomic mass is 32.2. The van der Waals surface area contributed by atoms with Crippen LogP contribution in [0.5, 0.6) is 0 Å².